The summed E-state index contributed by atoms with van der Waals surface area (Å²) >= 11 is 6.92. The molecular weight excluding hydrogens is 346 g/mol. The van der Waals surface area contributed by atoms with E-state index in [-0.39, 0.29) is 27.8 Å². The fourth-order valence-corrected chi connectivity index (χ4v) is 5.11. The molecule has 2 aromatic rings. The van der Waals surface area contributed by atoms with Crippen LogP contribution in [0.5, 0.6) is 0 Å². The summed E-state index contributed by atoms with van der Waals surface area (Å²) in [5.41, 5.74) is 0.247. The third kappa shape index (κ3) is 2.43. The number of pyridine rings is 1. The van der Waals surface area contributed by atoms with Crippen molar-refractivity contribution in [3.63, 3.8) is 0 Å². The molecule has 2 aromatic heterocycles. The minimum absolute atomic E-state index is 0.0316. The number of aliphatic hydroxyl groups excluding tert-OH is 1. The lowest BCUT2D eigenvalue weighted by Crippen LogP contribution is -2.33. The smallest absolute Gasteiger partial charge is 0.265 e. The molecule has 22 heavy (non-hydrogen) atoms. The summed E-state index contributed by atoms with van der Waals surface area (Å²) in [6.45, 7) is 0.119. The van der Waals surface area contributed by atoms with Crippen LogP contribution in [0.3, 0.4) is 0 Å². The molecule has 0 spiro atoms. The number of halogens is 1. The zero-order valence-corrected chi connectivity index (χ0v) is 13.8. The Morgan fingerprint density at radius 3 is 2.91 bits per heavy atom. The van der Waals surface area contributed by atoms with Crippen LogP contribution in [0.25, 0.3) is 5.76 Å². The fourth-order valence-electron chi connectivity index (χ4n) is 2.11. The van der Waals surface area contributed by atoms with Gasteiger partial charge in [-0.25, -0.2) is 13.4 Å². The zero-order valence-electron chi connectivity index (χ0n) is 11.4. The Bertz CT molecular complexity index is 847. The molecule has 9 heteroatoms. The third-order valence-electron chi connectivity index (χ3n) is 3.28. The summed E-state index contributed by atoms with van der Waals surface area (Å²) in [5, 5.41) is 13.4. The molecule has 116 valence electrons. The Hall–Kier alpha value is -1.77. The van der Waals surface area contributed by atoms with Crippen molar-refractivity contribution >= 4 is 44.5 Å². The Labute approximate surface area is 136 Å². The van der Waals surface area contributed by atoms with Crippen LogP contribution in [0.2, 0.25) is 4.34 Å². The Morgan fingerprint density at radius 1 is 1.45 bits per heavy atom. The van der Waals surface area contributed by atoms with Crippen LogP contribution in [-0.4, -0.2) is 36.4 Å². The molecule has 3 rings (SSSR count). The van der Waals surface area contributed by atoms with Crippen LogP contribution >= 0.6 is 22.9 Å². The molecule has 0 saturated heterocycles. The quantitative estimate of drug-likeness (QED) is 0.882. The van der Waals surface area contributed by atoms with E-state index in [1.165, 1.54) is 13.1 Å². The van der Waals surface area contributed by atoms with Gasteiger partial charge in [-0.1, -0.05) is 17.7 Å². The topological polar surface area (TPSA) is 82.5 Å². The van der Waals surface area contributed by atoms with E-state index in [4.69, 9.17) is 11.6 Å². The highest BCUT2D eigenvalue weighted by atomic mass is 35.5. The maximum absolute atomic E-state index is 12.5. The second-order valence-corrected chi connectivity index (χ2v) is 8.20. The lowest BCUT2D eigenvalue weighted by atomic mass is 10.3. The summed E-state index contributed by atoms with van der Waals surface area (Å²) in [5.74, 6) is 0.497. The molecule has 0 saturated carbocycles. The predicted molar refractivity (Wildman–Crippen MR) is 86.6 cm³/mol. The average molecular weight is 358 g/mol. The Balaban J connectivity index is 1.99. The second kappa shape index (κ2) is 5.45. The summed E-state index contributed by atoms with van der Waals surface area (Å²) < 4.78 is 26.3. The first-order valence-corrected chi connectivity index (χ1v) is 8.90. The van der Waals surface area contributed by atoms with E-state index < -0.39 is 10.0 Å². The molecule has 3 heterocycles. The van der Waals surface area contributed by atoms with E-state index in [1.807, 2.05) is 6.07 Å². The first kappa shape index (κ1) is 15.1. The van der Waals surface area contributed by atoms with Gasteiger partial charge in [0, 0.05) is 13.2 Å². The largest absolute Gasteiger partial charge is 0.505 e. The lowest BCUT2D eigenvalue weighted by molar-refractivity contribution is 0.462. The van der Waals surface area contributed by atoms with Crippen LogP contribution in [0, 0.1) is 0 Å². The minimum Gasteiger partial charge on any atom is -0.505 e. The van der Waals surface area contributed by atoms with Crippen molar-refractivity contribution in [1.82, 2.24) is 9.29 Å². The highest BCUT2D eigenvalue weighted by Crippen LogP contribution is 2.41. The number of aliphatic hydroxyl groups is 1. The SMILES string of the molecule is CN1C(CNc2ccccn2)=C(O)c2sc(Cl)cc2S1(=O)=O. The van der Waals surface area contributed by atoms with Crippen LogP contribution in [-0.2, 0) is 10.0 Å². The number of sulfonamides is 1. The van der Waals surface area contributed by atoms with Gasteiger partial charge in [-0.05, 0) is 18.2 Å². The van der Waals surface area contributed by atoms with Gasteiger partial charge in [0.1, 0.15) is 10.7 Å². The highest BCUT2D eigenvalue weighted by Gasteiger charge is 2.36. The first-order chi connectivity index (χ1) is 10.4. The normalized spacial score (nSPS) is 16.5. The maximum atomic E-state index is 12.5. The number of hydrogen-bond donors (Lipinski definition) is 2. The van der Waals surface area contributed by atoms with Crippen molar-refractivity contribution in [3.8, 4) is 0 Å². The van der Waals surface area contributed by atoms with Gasteiger partial charge in [0.25, 0.3) is 10.0 Å². The third-order valence-corrected chi connectivity index (χ3v) is 6.50. The number of fused-ring (bicyclic) bond motifs is 1. The minimum atomic E-state index is -3.71. The van der Waals surface area contributed by atoms with Gasteiger partial charge in [-0.3, -0.25) is 4.31 Å². The lowest BCUT2D eigenvalue weighted by Gasteiger charge is -2.27. The van der Waals surface area contributed by atoms with Gasteiger partial charge in [-0.2, -0.15) is 0 Å². The van der Waals surface area contributed by atoms with Crippen molar-refractivity contribution in [2.75, 3.05) is 18.9 Å². The standard InChI is InChI=1S/C13H12ClN3O3S2/c1-17-8(7-16-11-4-2-3-5-15-11)12(18)13-9(22(17,19)20)6-10(14)21-13/h2-6,18H,7H2,1H3,(H,15,16). The summed E-state index contributed by atoms with van der Waals surface area (Å²) in [4.78, 5) is 4.39. The van der Waals surface area contributed by atoms with Crippen LogP contribution in [0.1, 0.15) is 4.88 Å². The number of nitrogens with zero attached hydrogens (tertiary/aromatic N) is 2. The van der Waals surface area contributed by atoms with Crippen LogP contribution in [0.4, 0.5) is 5.82 Å². The van der Waals surface area contributed by atoms with Crippen LogP contribution in [0.15, 0.2) is 41.1 Å². The monoisotopic (exact) mass is 357 g/mol. The van der Waals surface area contributed by atoms with E-state index >= 15 is 0 Å². The molecule has 0 atom stereocenters. The molecule has 1 aliphatic rings. The fraction of sp³-hybridized carbons (Fsp3) is 0.154. The number of likely N-dealkylation sites (N-methyl/N-ethyl adjacent to an activating group) is 1. The Kier molecular flexibility index (Phi) is 3.75. The number of nitrogens with one attached hydrogen (secondary N) is 1. The summed E-state index contributed by atoms with van der Waals surface area (Å²) in [6, 6.07) is 6.69. The molecule has 0 fully saturated rings. The van der Waals surface area contributed by atoms with E-state index in [1.54, 1.807) is 18.3 Å². The number of thiophene rings is 1. The molecule has 0 amide bonds. The van der Waals surface area contributed by atoms with Crippen molar-refractivity contribution < 1.29 is 13.5 Å². The zero-order chi connectivity index (χ0) is 15.9. The van der Waals surface area contributed by atoms with Gasteiger partial charge in [0.15, 0.2) is 5.76 Å². The van der Waals surface area contributed by atoms with Gasteiger partial charge in [-0.15, -0.1) is 11.3 Å². The van der Waals surface area contributed by atoms with Gasteiger partial charge < -0.3 is 10.4 Å². The molecular formula is C13H12ClN3O3S2. The summed E-state index contributed by atoms with van der Waals surface area (Å²) in [7, 11) is -2.31. The maximum Gasteiger partial charge on any atom is 0.265 e. The number of rotatable bonds is 3. The van der Waals surface area contributed by atoms with Gasteiger partial charge >= 0.3 is 0 Å². The molecule has 6 nitrogen and oxygen atoms in total. The van der Waals surface area contributed by atoms with Crippen LogP contribution < -0.4 is 5.32 Å². The highest BCUT2D eigenvalue weighted by molar-refractivity contribution is 7.89. The number of anilines is 1. The van der Waals surface area contributed by atoms with Crippen molar-refractivity contribution in [2.24, 2.45) is 0 Å². The van der Waals surface area contributed by atoms with E-state index in [2.05, 4.69) is 10.3 Å². The van der Waals surface area contributed by atoms with Crippen molar-refractivity contribution in [1.29, 1.82) is 0 Å². The Morgan fingerprint density at radius 2 is 2.23 bits per heavy atom. The average Bonchev–Trinajstić information content (AvgIpc) is 2.90. The molecule has 0 radical (unpaired) electrons. The number of aromatic nitrogens is 1. The molecule has 0 aliphatic carbocycles. The van der Waals surface area contributed by atoms with Gasteiger partial charge in [0.2, 0.25) is 0 Å². The van der Waals surface area contributed by atoms with Gasteiger partial charge in [0.05, 0.1) is 21.5 Å². The molecule has 2 N–H and O–H groups in total. The molecule has 0 unspecified atom stereocenters. The molecule has 0 aromatic carbocycles. The first-order valence-electron chi connectivity index (χ1n) is 6.27. The number of hydrogen-bond acceptors (Lipinski definition) is 6. The second-order valence-electron chi connectivity index (χ2n) is 4.58. The van der Waals surface area contributed by atoms with Crippen molar-refractivity contribution in [3.05, 3.63) is 45.4 Å². The van der Waals surface area contributed by atoms with E-state index in [9.17, 15) is 13.5 Å². The molecule has 1 aliphatic heterocycles. The molecule has 0 bridgehead atoms. The van der Waals surface area contributed by atoms with E-state index in [0.29, 0.717) is 10.2 Å². The summed E-state index contributed by atoms with van der Waals surface area (Å²) in [6.07, 6.45) is 1.62. The van der Waals surface area contributed by atoms with Crippen molar-refractivity contribution in [2.45, 2.75) is 4.90 Å². The van der Waals surface area contributed by atoms with E-state index in [0.717, 1.165) is 15.6 Å². The predicted octanol–water partition coefficient (Wildman–Crippen LogP) is 2.77.